The number of carbonyl (C=O) groups is 1. The Bertz CT molecular complexity index is 766. The Kier molecular flexibility index (Phi) is 4.76. The Balaban J connectivity index is 1.97. The van der Waals surface area contributed by atoms with Crippen LogP contribution in [0.5, 0.6) is 0 Å². The maximum Gasteiger partial charge on any atom is 0.434 e. The second-order valence-electron chi connectivity index (χ2n) is 5.78. The number of alkyl halides is 3. The van der Waals surface area contributed by atoms with Gasteiger partial charge >= 0.3 is 6.18 Å². The fourth-order valence-corrected chi connectivity index (χ4v) is 2.83. The summed E-state index contributed by atoms with van der Waals surface area (Å²) in [4.78, 5) is 12.3. The van der Waals surface area contributed by atoms with Crippen molar-refractivity contribution in [3.05, 3.63) is 47.5 Å². The zero-order valence-electron chi connectivity index (χ0n) is 13.1. The summed E-state index contributed by atoms with van der Waals surface area (Å²) in [6.45, 7) is 1.31. The Hall–Kier alpha value is -2.42. The predicted octanol–water partition coefficient (Wildman–Crippen LogP) is 2.51. The Morgan fingerprint density at radius 1 is 1.32 bits per heavy atom. The minimum atomic E-state index is -4.86. The lowest BCUT2D eigenvalue weighted by Crippen LogP contribution is -2.45. The third-order valence-corrected chi connectivity index (χ3v) is 4.00. The van der Waals surface area contributed by atoms with Gasteiger partial charge in [-0.05, 0) is 31.5 Å². The van der Waals surface area contributed by atoms with E-state index in [2.05, 4.69) is 15.7 Å². The number of aromatic nitrogens is 2. The molecule has 1 aromatic carbocycles. The van der Waals surface area contributed by atoms with Crippen molar-refractivity contribution >= 4 is 5.91 Å². The van der Waals surface area contributed by atoms with E-state index in [0.717, 1.165) is 25.2 Å². The molecule has 1 atom stereocenters. The zero-order valence-corrected chi connectivity index (χ0v) is 13.1. The first-order chi connectivity index (χ1) is 11.9. The lowest BCUT2D eigenvalue weighted by atomic mass is 10.1. The number of hydrogen-bond donors (Lipinski definition) is 2. The molecule has 1 unspecified atom stereocenters. The highest BCUT2D eigenvalue weighted by Crippen LogP contribution is 2.34. The first kappa shape index (κ1) is 17.4. The van der Waals surface area contributed by atoms with Crippen LogP contribution in [0, 0.1) is 5.82 Å². The van der Waals surface area contributed by atoms with E-state index in [1.807, 2.05) is 0 Å². The molecule has 1 aliphatic rings. The number of nitrogens with zero attached hydrogens (tertiary/aromatic N) is 2. The second kappa shape index (κ2) is 6.83. The van der Waals surface area contributed by atoms with Crippen LogP contribution in [0.4, 0.5) is 17.6 Å². The van der Waals surface area contributed by atoms with Crippen molar-refractivity contribution in [2.24, 2.45) is 0 Å². The molecule has 0 bridgehead atoms. The van der Waals surface area contributed by atoms with Crippen molar-refractivity contribution in [2.75, 3.05) is 13.1 Å². The van der Waals surface area contributed by atoms with E-state index in [1.54, 1.807) is 0 Å². The normalized spacial score (nSPS) is 18.2. The van der Waals surface area contributed by atoms with Crippen molar-refractivity contribution in [1.29, 1.82) is 0 Å². The van der Waals surface area contributed by atoms with Crippen molar-refractivity contribution < 1.29 is 22.4 Å². The van der Waals surface area contributed by atoms with Crippen LogP contribution in [-0.4, -0.2) is 34.8 Å². The van der Waals surface area contributed by atoms with E-state index in [0.29, 0.717) is 17.6 Å². The molecular weight excluding hydrogens is 340 g/mol. The number of benzene rings is 1. The monoisotopic (exact) mass is 356 g/mol. The summed E-state index contributed by atoms with van der Waals surface area (Å²) in [5, 5.41) is 9.25. The molecule has 0 saturated carbocycles. The van der Waals surface area contributed by atoms with Gasteiger partial charge < -0.3 is 10.6 Å². The molecule has 2 aromatic rings. The van der Waals surface area contributed by atoms with Crippen molar-refractivity contribution in [3.63, 3.8) is 0 Å². The molecule has 1 aliphatic heterocycles. The highest BCUT2D eigenvalue weighted by atomic mass is 19.4. The maximum absolute atomic E-state index is 13.9. The van der Waals surface area contributed by atoms with Gasteiger partial charge in [-0.2, -0.15) is 18.3 Å². The summed E-state index contributed by atoms with van der Waals surface area (Å²) < 4.78 is 54.9. The first-order valence-corrected chi connectivity index (χ1v) is 7.79. The van der Waals surface area contributed by atoms with Crippen molar-refractivity contribution in [3.8, 4) is 5.69 Å². The van der Waals surface area contributed by atoms with Gasteiger partial charge in [0.2, 0.25) is 0 Å². The van der Waals surface area contributed by atoms with Gasteiger partial charge in [-0.25, -0.2) is 9.07 Å². The zero-order chi connectivity index (χ0) is 18.0. The fourth-order valence-electron chi connectivity index (χ4n) is 2.83. The average Bonchev–Trinajstić information content (AvgIpc) is 3.01. The first-order valence-electron chi connectivity index (χ1n) is 7.79. The average molecular weight is 356 g/mol. The molecule has 2 N–H and O–H groups in total. The van der Waals surface area contributed by atoms with E-state index in [4.69, 9.17) is 0 Å². The van der Waals surface area contributed by atoms with Crippen molar-refractivity contribution in [1.82, 2.24) is 20.4 Å². The van der Waals surface area contributed by atoms with E-state index in [1.165, 1.54) is 18.2 Å². The van der Waals surface area contributed by atoms with Crippen LogP contribution in [0.1, 0.15) is 28.9 Å². The topological polar surface area (TPSA) is 59.0 Å². The van der Waals surface area contributed by atoms with E-state index in [-0.39, 0.29) is 11.7 Å². The Labute approximate surface area is 141 Å². The standard InChI is InChI=1S/C16H16F4N4O/c17-12-5-1-2-6-13(12)24-14(16(18,19)20)11(9-22-24)15(25)23-10-4-3-7-21-8-10/h1-2,5-6,9-10,21H,3-4,7-8H2,(H,23,25). The van der Waals surface area contributed by atoms with E-state index in [9.17, 15) is 22.4 Å². The van der Waals surface area contributed by atoms with Gasteiger partial charge in [0, 0.05) is 12.6 Å². The molecule has 1 saturated heterocycles. The smallest absolute Gasteiger partial charge is 0.348 e. The van der Waals surface area contributed by atoms with Crippen LogP contribution in [0.15, 0.2) is 30.5 Å². The molecule has 134 valence electrons. The minimum absolute atomic E-state index is 0.251. The van der Waals surface area contributed by atoms with Gasteiger partial charge in [0.05, 0.1) is 11.8 Å². The Morgan fingerprint density at radius 2 is 2.08 bits per heavy atom. The molecule has 5 nitrogen and oxygen atoms in total. The highest BCUT2D eigenvalue weighted by Gasteiger charge is 2.41. The number of rotatable bonds is 3. The summed E-state index contributed by atoms with van der Waals surface area (Å²) in [5.41, 5.74) is -2.28. The lowest BCUT2D eigenvalue weighted by molar-refractivity contribution is -0.143. The van der Waals surface area contributed by atoms with E-state index >= 15 is 0 Å². The summed E-state index contributed by atoms with van der Waals surface area (Å²) in [6.07, 6.45) is -2.54. The van der Waals surface area contributed by atoms with Crippen LogP contribution in [0.3, 0.4) is 0 Å². The molecule has 0 radical (unpaired) electrons. The number of carbonyl (C=O) groups excluding carboxylic acids is 1. The molecule has 0 aliphatic carbocycles. The number of piperidine rings is 1. The largest absolute Gasteiger partial charge is 0.434 e. The second-order valence-corrected chi connectivity index (χ2v) is 5.78. The van der Waals surface area contributed by atoms with Gasteiger partial charge in [0.25, 0.3) is 5.91 Å². The third kappa shape index (κ3) is 3.65. The number of hydrogen-bond acceptors (Lipinski definition) is 3. The molecule has 1 amide bonds. The summed E-state index contributed by atoms with van der Waals surface area (Å²) >= 11 is 0. The number of para-hydroxylation sites is 1. The van der Waals surface area contributed by atoms with E-state index < -0.39 is 29.2 Å². The minimum Gasteiger partial charge on any atom is -0.348 e. The molecule has 2 heterocycles. The van der Waals surface area contributed by atoms with Gasteiger partial charge in [-0.3, -0.25) is 4.79 Å². The molecule has 0 spiro atoms. The quantitative estimate of drug-likeness (QED) is 0.831. The molecule has 25 heavy (non-hydrogen) atoms. The van der Waals surface area contributed by atoms with Crippen LogP contribution >= 0.6 is 0 Å². The lowest BCUT2D eigenvalue weighted by Gasteiger charge is -2.24. The van der Waals surface area contributed by atoms with Gasteiger partial charge in [0.15, 0.2) is 5.69 Å². The maximum atomic E-state index is 13.9. The van der Waals surface area contributed by atoms with Gasteiger partial charge in [-0.15, -0.1) is 0 Å². The molecule has 9 heteroatoms. The molecule has 3 rings (SSSR count). The fraction of sp³-hybridized carbons (Fsp3) is 0.375. The van der Waals surface area contributed by atoms with Crippen LogP contribution in [0.25, 0.3) is 5.69 Å². The molecule has 1 fully saturated rings. The number of nitrogens with one attached hydrogen (secondary N) is 2. The van der Waals surface area contributed by atoms with Gasteiger partial charge in [-0.1, -0.05) is 12.1 Å². The third-order valence-electron chi connectivity index (χ3n) is 4.00. The molecule has 1 aromatic heterocycles. The Morgan fingerprint density at radius 3 is 2.72 bits per heavy atom. The predicted molar refractivity (Wildman–Crippen MR) is 81.9 cm³/mol. The van der Waals surface area contributed by atoms with Crippen LogP contribution < -0.4 is 10.6 Å². The number of amides is 1. The van der Waals surface area contributed by atoms with Gasteiger partial charge in [0.1, 0.15) is 11.5 Å². The number of halogens is 4. The molecular formula is C16H16F4N4O. The highest BCUT2D eigenvalue weighted by molar-refractivity contribution is 5.95. The van der Waals surface area contributed by atoms with Crippen LogP contribution in [-0.2, 0) is 6.18 Å². The van der Waals surface area contributed by atoms with Crippen molar-refractivity contribution in [2.45, 2.75) is 25.1 Å². The summed E-state index contributed by atoms with van der Waals surface area (Å²) in [7, 11) is 0. The van der Waals surface area contributed by atoms with Crippen LogP contribution in [0.2, 0.25) is 0 Å². The SMILES string of the molecule is O=C(NC1CCCNC1)c1cnn(-c2ccccc2F)c1C(F)(F)F. The summed E-state index contributed by atoms with van der Waals surface area (Å²) in [5.74, 6) is -1.73. The summed E-state index contributed by atoms with van der Waals surface area (Å²) in [6, 6.07) is 4.71.